The largest absolute Gasteiger partial charge is 0.347 e. The average molecular weight is 548 g/mol. The number of hydrogen-bond acceptors (Lipinski definition) is 10. The Morgan fingerprint density at radius 1 is 1.11 bits per heavy atom. The van der Waals surface area contributed by atoms with Gasteiger partial charge in [-0.3, -0.25) is 9.78 Å². The van der Waals surface area contributed by atoms with Gasteiger partial charge < -0.3 is 20.9 Å². The number of nitrogens with one attached hydrogen (secondary N) is 3. The van der Waals surface area contributed by atoms with Crippen molar-refractivity contribution >= 4 is 62.8 Å². The molecule has 6 rings (SSSR count). The molecule has 6 bridgehead atoms. The van der Waals surface area contributed by atoms with E-state index in [0.717, 1.165) is 72.1 Å². The van der Waals surface area contributed by atoms with Gasteiger partial charge in [0.1, 0.15) is 10.5 Å². The number of anilines is 6. The van der Waals surface area contributed by atoms with E-state index >= 15 is 0 Å². The summed E-state index contributed by atoms with van der Waals surface area (Å²) in [6, 6.07) is 7.94. The SMILES string of the molecule is O=C(CC1CCN(c2nncs2)CC1)Nc1ccc2cc1CCc1cncc(c1)Nc1ncc(Cl)c(n1)N2. The van der Waals surface area contributed by atoms with E-state index < -0.39 is 0 Å². The van der Waals surface area contributed by atoms with E-state index in [1.807, 2.05) is 30.5 Å². The molecule has 1 fully saturated rings. The Labute approximate surface area is 228 Å². The summed E-state index contributed by atoms with van der Waals surface area (Å²) in [6.45, 7) is 1.79. The molecule has 0 radical (unpaired) electrons. The smallest absolute Gasteiger partial charge is 0.229 e. The first-order valence-electron chi connectivity index (χ1n) is 12.5. The number of pyridine rings is 1. The molecule has 4 aromatic rings. The molecule has 1 saturated heterocycles. The lowest BCUT2D eigenvalue weighted by molar-refractivity contribution is -0.117. The summed E-state index contributed by atoms with van der Waals surface area (Å²) in [5.41, 5.74) is 6.30. The van der Waals surface area contributed by atoms with E-state index in [1.54, 1.807) is 29.2 Å². The molecule has 38 heavy (non-hydrogen) atoms. The number of hydrogen-bond donors (Lipinski definition) is 3. The number of benzene rings is 1. The number of nitrogens with zero attached hydrogens (tertiary/aromatic N) is 6. The summed E-state index contributed by atoms with van der Waals surface area (Å²) in [4.78, 5) is 28.5. The summed E-state index contributed by atoms with van der Waals surface area (Å²) in [6.07, 6.45) is 9.06. The Morgan fingerprint density at radius 2 is 2.00 bits per heavy atom. The number of amides is 1. The lowest BCUT2D eigenvalue weighted by Gasteiger charge is -2.31. The lowest BCUT2D eigenvalue weighted by Crippen LogP contribution is -2.34. The van der Waals surface area contributed by atoms with Crippen LogP contribution < -0.4 is 20.9 Å². The van der Waals surface area contributed by atoms with Crippen molar-refractivity contribution in [3.05, 3.63) is 64.5 Å². The topological polar surface area (TPSA) is 121 Å². The van der Waals surface area contributed by atoms with Crippen molar-refractivity contribution < 1.29 is 4.79 Å². The molecule has 2 aliphatic heterocycles. The Balaban J connectivity index is 1.18. The summed E-state index contributed by atoms with van der Waals surface area (Å²) in [7, 11) is 0. The van der Waals surface area contributed by atoms with Crippen LogP contribution >= 0.6 is 22.9 Å². The number of aromatic nitrogens is 5. The van der Waals surface area contributed by atoms with E-state index in [-0.39, 0.29) is 5.91 Å². The molecular formula is C26H26ClN9OS. The zero-order chi connectivity index (χ0) is 25.9. The van der Waals surface area contributed by atoms with Crippen molar-refractivity contribution in [2.45, 2.75) is 32.1 Å². The van der Waals surface area contributed by atoms with Crippen molar-refractivity contribution in [1.82, 2.24) is 25.1 Å². The number of carbonyl (C=O) groups excluding carboxylic acids is 1. The van der Waals surface area contributed by atoms with Crippen LogP contribution in [0.15, 0.2) is 48.4 Å². The third-order valence-electron chi connectivity index (χ3n) is 6.83. The maximum atomic E-state index is 13.1. The Bertz CT molecular complexity index is 1440. The third kappa shape index (κ3) is 5.68. The number of carbonyl (C=O) groups is 1. The van der Waals surface area contributed by atoms with Crippen molar-refractivity contribution in [2.75, 3.05) is 33.9 Å². The zero-order valence-electron chi connectivity index (χ0n) is 20.5. The van der Waals surface area contributed by atoms with E-state index in [1.165, 1.54) is 0 Å². The van der Waals surface area contributed by atoms with Crippen LogP contribution in [0.2, 0.25) is 5.02 Å². The van der Waals surface area contributed by atoms with Gasteiger partial charge in [-0.25, -0.2) is 4.98 Å². The first-order valence-corrected chi connectivity index (χ1v) is 13.8. The van der Waals surface area contributed by atoms with Gasteiger partial charge in [0.2, 0.25) is 17.0 Å². The van der Waals surface area contributed by atoms with Crippen LogP contribution in [0.25, 0.3) is 0 Å². The maximum absolute atomic E-state index is 13.1. The van der Waals surface area contributed by atoms with Crippen LogP contribution in [-0.2, 0) is 17.6 Å². The molecule has 194 valence electrons. The maximum Gasteiger partial charge on any atom is 0.229 e. The quantitative estimate of drug-likeness (QED) is 0.316. The van der Waals surface area contributed by atoms with Crippen molar-refractivity contribution in [3.8, 4) is 0 Å². The Hall–Kier alpha value is -3.83. The van der Waals surface area contributed by atoms with Gasteiger partial charge in [0.25, 0.3) is 0 Å². The van der Waals surface area contributed by atoms with Crippen LogP contribution in [-0.4, -0.2) is 44.1 Å². The molecule has 0 unspecified atom stereocenters. The molecule has 3 aromatic heterocycles. The number of halogens is 1. The van der Waals surface area contributed by atoms with Crippen LogP contribution in [0.1, 0.15) is 30.4 Å². The number of aryl methyl sites for hydroxylation is 2. The van der Waals surface area contributed by atoms with Crippen molar-refractivity contribution in [3.63, 3.8) is 0 Å². The van der Waals surface area contributed by atoms with E-state index in [0.29, 0.717) is 29.1 Å². The first kappa shape index (κ1) is 24.5. The van der Waals surface area contributed by atoms with Gasteiger partial charge in [-0.15, -0.1) is 10.2 Å². The fourth-order valence-corrected chi connectivity index (χ4v) is 5.60. The van der Waals surface area contributed by atoms with E-state index in [9.17, 15) is 4.79 Å². The molecule has 12 heteroatoms. The van der Waals surface area contributed by atoms with Gasteiger partial charge in [0.05, 0.1) is 18.1 Å². The van der Waals surface area contributed by atoms with Gasteiger partial charge in [-0.2, -0.15) is 4.98 Å². The molecule has 3 N–H and O–H groups in total. The molecule has 1 amide bonds. The molecule has 0 saturated carbocycles. The second-order valence-electron chi connectivity index (χ2n) is 9.50. The van der Waals surface area contributed by atoms with Crippen molar-refractivity contribution in [2.24, 2.45) is 5.92 Å². The van der Waals surface area contributed by atoms with Crippen molar-refractivity contribution in [1.29, 1.82) is 0 Å². The van der Waals surface area contributed by atoms with Gasteiger partial charge in [-0.05, 0) is 67.0 Å². The minimum absolute atomic E-state index is 0.0376. The van der Waals surface area contributed by atoms with Gasteiger partial charge in [0.15, 0.2) is 5.82 Å². The lowest BCUT2D eigenvalue weighted by atomic mass is 9.93. The summed E-state index contributed by atoms with van der Waals surface area (Å²) < 4.78 is 0. The highest BCUT2D eigenvalue weighted by molar-refractivity contribution is 7.13. The molecule has 0 atom stereocenters. The molecule has 2 aliphatic rings. The monoisotopic (exact) mass is 547 g/mol. The third-order valence-corrected chi connectivity index (χ3v) is 7.85. The molecule has 0 aliphatic carbocycles. The average Bonchev–Trinajstić information content (AvgIpc) is 3.46. The summed E-state index contributed by atoms with van der Waals surface area (Å²) >= 11 is 7.92. The van der Waals surface area contributed by atoms with E-state index in [2.05, 4.69) is 46.0 Å². The molecule has 5 heterocycles. The molecular weight excluding hydrogens is 522 g/mol. The second kappa shape index (κ2) is 10.9. The number of fused-ring (bicyclic) bond motifs is 6. The Morgan fingerprint density at radius 3 is 2.84 bits per heavy atom. The predicted molar refractivity (Wildman–Crippen MR) is 150 cm³/mol. The molecule has 0 spiro atoms. The Kier molecular flexibility index (Phi) is 7.02. The van der Waals surface area contributed by atoms with Gasteiger partial charge in [-0.1, -0.05) is 22.9 Å². The molecule has 1 aromatic carbocycles. The number of rotatable bonds is 4. The van der Waals surface area contributed by atoms with Crippen LogP contribution in [0.4, 0.5) is 34.0 Å². The highest BCUT2D eigenvalue weighted by Gasteiger charge is 2.23. The molecule has 10 nitrogen and oxygen atoms in total. The van der Waals surface area contributed by atoms with Gasteiger partial charge >= 0.3 is 0 Å². The second-order valence-corrected chi connectivity index (χ2v) is 10.7. The normalized spacial score (nSPS) is 15.3. The van der Waals surface area contributed by atoms with Crippen LogP contribution in [0, 0.1) is 5.92 Å². The summed E-state index contributed by atoms with van der Waals surface area (Å²) in [5.74, 6) is 1.31. The predicted octanol–water partition coefficient (Wildman–Crippen LogP) is 5.21. The minimum Gasteiger partial charge on any atom is -0.347 e. The first-order chi connectivity index (χ1) is 18.6. The van der Waals surface area contributed by atoms with E-state index in [4.69, 9.17) is 11.6 Å². The van der Waals surface area contributed by atoms with Crippen LogP contribution in [0.3, 0.4) is 0 Å². The fraction of sp³-hybridized carbons (Fsp3) is 0.308. The number of piperidine rings is 1. The highest BCUT2D eigenvalue weighted by atomic mass is 35.5. The standard InChI is InChI=1S/C26H26ClN9OS/c27-21-14-29-25-32-20-9-17(12-28-13-20)1-2-18-11-19(31-24(21)34-25)3-4-22(18)33-23(37)10-16-5-7-36(8-6-16)26-35-30-15-38-26/h3-4,9,11-16H,1-2,5-8,10H2,(H,33,37)(H2,29,31,32,34). The van der Waals surface area contributed by atoms with Gasteiger partial charge in [0, 0.05) is 37.1 Å². The van der Waals surface area contributed by atoms with Crippen LogP contribution in [0.5, 0.6) is 0 Å². The fourth-order valence-electron chi connectivity index (χ4n) is 4.85. The highest BCUT2D eigenvalue weighted by Crippen LogP contribution is 2.30. The minimum atomic E-state index is 0.0376. The summed E-state index contributed by atoms with van der Waals surface area (Å²) in [5, 5.41) is 19.1. The zero-order valence-corrected chi connectivity index (χ0v) is 22.1.